The molecule has 6 nitrogen and oxygen atoms in total. The second-order valence-electron chi connectivity index (χ2n) is 5.78. The molecule has 1 rings (SSSR count). The third kappa shape index (κ3) is 6.13. The Kier molecular flexibility index (Phi) is 7.88. The number of carbonyl (C=O) groups is 2. The van der Waals surface area contributed by atoms with Gasteiger partial charge in [0.2, 0.25) is 5.91 Å². The fourth-order valence-electron chi connectivity index (χ4n) is 2.77. The quantitative estimate of drug-likeness (QED) is 0.532. The van der Waals surface area contributed by atoms with Gasteiger partial charge in [-0.2, -0.15) is 11.8 Å². The van der Waals surface area contributed by atoms with Crippen LogP contribution in [0.1, 0.15) is 38.5 Å². The summed E-state index contributed by atoms with van der Waals surface area (Å²) in [6.07, 6.45) is 7.72. The van der Waals surface area contributed by atoms with Crippen molar-refractivity contribution in [2.24, 2.45) is 11.1 Å². The predicted molar refractivity (Wildman–Crippen MR) is 85.1 cm³/mol. The van der Waals surface area contributed by atoms with Gasteiger partial charge in [0.05, 0.1) is 6.61 Å². The minimum atomic E-state index is -0.689. The standard InChI is InChI=1S/C14H27N3O3S/c1-21-8-5-11(17-13(15)20)12(19)16-9-14(10-18)6-3-2-4-7-14/h11,18H,2-10H2,1H3,(H,16,19)(H3,15,17,20). The van der Waals surface area contributed by atoms with E-state index in [0.29, 0.717) is 13.0 Å². The molecule has 1 unspecified atom stereocenters. The van der Waals surface area contributed by atoms with Gasteiger partial charge in [-0.15, -0.1) is 0 Å². The first-order valence-electron chi connectivity index (χ1n) is 7.46. The molecule has 0 aromatic heterocycles. The van der Waals surface area contributed by atoms with E-state index in [1.807, 2.05) is 6.26 Å². The number of nitrogens with two attached hydrogens (primary N) is 1. The second kappa shape index (κ2) is 9.15. The molecular weight excluding hydrogens is 290 g/mol. The number of thioether (sulfide) groups is 1. The lowest BCUT2D eigenvalue weighted by Gasteiger charge is -2.36. The average Bonchev–Trinajstić information content (AvgIpc) is 2.49. The van der Waals surface area contributed by atoms with Crippen LogP contribution in [0.15, 0.2) is 0 Å². The van der Waals surface area contributed by atoms with Gasteiger partial charge >= 0.3 is 6.03 Å². The van der Waals surface area contributed by atoms with Gasteiger partial charge in [0.25, 0.3) is 0 Å². The minimum Gasteiger partial charge on any atom is -0.396 e. The Bertz CT molecular complexity index is 346. The number of nitrogens with one attached hydrogen (secondary N) is 2. The number of amides is 3. The SMILES string of the molecule is CSCCC(NC(N)=O)C(=O)NCC1(CO)CCCCC1. The van der Waals surface area contributed by atoms with Crippen LogP contribution in [0.5, 0.6) is 0 Å². The molecule has 0 spiro atoms. The molecule has 21 heavy (non-hydrogen) atoms. The van der Waals surface area contributed by atoms with Gasteiger partial charge in [-0.3, -0.25) is 4.79 Å². The van der Waals surface area contributed by atoms with Gasteiger partial charge < -0.3 is 21.5 Å². The van der Waals surface area contributed by atoms with Crippen molar-refractivity contribution >= 4 is 23.7 Å². The number of hydrogen-bond donors (Lipinski definition) is 4. The number of primary amides is 1. The Morgan fingerprint density at radius 2 is 2.00 bits per heavy atom. The van der Waals surface area contributed by atoms with Crippen molar-refractivity contribution in [1.29, 1.82) is 0 Å². The van der Waals surface area contributed by atoms with E-state index < -0.39 is 12.1 Å². The summed E-state index contributed by atoms with van der Waals surface area (Å²) >= 11 is 1.61. The number of carbonyl (C=O) groups excluding carboxylic acids is 2. The maximum absolute atomic E-state index is 12.2. The van der Waals surface area contributed by atoms with Crippen molar-refractivity contribution in [2.75, 3.05) is 25.2 Å². The molecule has 1 saturated carbocycles. The van der Waals surface area contributed by atoms with Gasteiger partial charge in [-0.1, -0.05) is 19.3 Å². The fraction of sp³-hybridized carbons (Fsp3) is 0.857. The highest BCUT2D eigenvalue weighted by Crippen LogP contribution is 2.35. The number of aliphatic hydroxyl groups excluding tert-OH is 1. The van der Waals surface area contributed by atoms with E-state index in [1.165, 1.54) is 6.42 Å². The van der Waals surface area contributed by atoms with Gasteiger partial charge in [0, 0.05) is 12.0 Å². The lowest BCUT2D eigenvalue weighted by Crippen LogP contribution is -2.51. The van der Waals surface area contributed by atoms with Crippen LogP contribution in [0, 0.1) is 5.41 Å². The highest BCUT2D eigenvalue weighted by molar-refractivity contribution is 7.98. The van der Waals surface area contributed by atoms with E-state index in [1.54, 1.807) is 11.8 Å². The van der Waals surface area contributed by atoms with Crippen molar-refractivity contribution in [2.45, 2.75) is 44.6 Å². The topological polar surface area (TPSA) is 104 Å². The summed E-state index contributed by atoms with van der Waals surface area (Å²) in [7, 11) is 0. The smallest absolute Gasteiger partial charge is 0.312 e. The number of urea groups is 1. The zero-order valence-corrected chi connectivity index (χ0v) is 13.5. The molecule has 3 amide bonds. The summed E-state index contributed by atoms with van der Waals surface area (Å²) in [6.45, 7) is 0.546. The Morgan fingerprint density at radius 3 is 2.52 bits per heavy atom. The summed E-state index contributed by atoms with van der Waals surface area (Å²) in [5.74, 6) is 0.546. The minimum absolute atomic E-state index is 0.0893. The van der Waals surface area contributed by atoms with Crippen LogP contribution in [-0.2, 0) is 4.79 Å². The molecule has 0 aliphatic heterocycles. The molecule has 0 bridgehead atoms. The number of hydrogen-bond acceptors (Lipinski definition) is 4. The summed E-state index contributed by atoms with van der Waals surface area (Å²) in [6, 6.07) is -1.29. The van der Waals surface area contributed by atoms with E-state index in [-0.39, 0.29) is 17.9 Å². The van der Waals surface area contributed by atoms with E-state index in [9.17, 15) is 14.7 Å². The van der Waals surface area contributed by atoms with Crippen LogP contribution in [0.4, 0.5) is 4.79 Å². The highest BCUT2D eigenvalue weighted by Gasteiger charge is 2.32. The highest BCUT2D eigenvalue weighted by atomic mass is 32.2. The lowest BCUT2D eigenvalue weighted by molar-refractivity contribution is -0.123. The first-order valence-corrected chi connectivity index (χ1v) is 8.86. The lowest BCUT2D eigenvalue weighted by atomic mass is 9.74. The van der Waals surface area contributed by atoms with E-state index in [0.717, 1.165) is 31.4 Å². The largest absolute Gasteiger partial charge is 0.396 e. The molecule has 7 heteroatoms. The van der Waals surface area contributed by atoms with Crippen LogP contribution in [0.25, 0.3) is 0 Å². The molecule has 5 N–H and O–H groups in total. The van der Waals surface area contributed by atoms with Gasteiger partial charge in [-0.05, 0) is 31.3 Å². The van der Waals surface area contributed by atoms with Crippen LogP contribution >= 0.6 is 11.8 Å². The molecule has 0 aromatic carbocycles. The van der Waals surface area contributed by atoms with Crippen molar-refractivity contribution in [3.8, 4) is 0 Å². The van der Waals surface area contributed by atoms with Gasteiger partial charge in [-0.25, -0.2) is 4.79 Å². The van der Waals surface area contributed by atoms with Crippen molar-refractivity contribution in [3.05, 3.63) is 0 Å². The van der Waals surface area contributed by atoms with Crippen LogP contribution < -0.4 is 16.4 Å². The van der Waals surface area contributed by atoms with Gasteiger partial charge in [0.1, 0.15) is 6.04 Å². The first kappa shape index (κ1) is 18.1. The molecule has 1 aliphatic carbocycles. The van der Waals surface area contributed by atoms with Crippen molar-refractivity contribution in [1.82, 2.24) is 10.6 Å². The third-order valence-electron chi connectivity index (χ3n) is 4.13. The average molecular weight is 317 g/mol. The van der Waals surface area contributed by atoms with Crippen LogP contribution in [-0.4, -0.2) is 48.2 Å². The van der Waals surface area contributed by atoms with Crippen molar-refractivity contribution in [3.63, 3.8) is 0 Å². The molecule has 0 saturated heterocycles. The van der Waals surface area contributed by atoms with Crippen LogP contribution in [0.3, 0.4) is 0 Å². The molecule has 0 aromatic rings. The molecule has 0 radical (unpaired) electrons. The molecule has 1 aliphatic rings. The first-order chi connectivity index (χ1) is 10.0. The van der Waals surface area contributed by atoms with Gasteiger partial charge in [0.15, 0.2) is 0 Å². The van der Waals surface area contributed by atoms with E-state index in [2.05, 4.69) is 10.6 Å². The van der Waals surface area contributed by atoms with E-state index >= 15 is 0 Å². The number of aliphatic hydroxyl groups is 1. The molecule has 0 heterocycles. The zero-order valence-electron chi connectivity index (χ0n) is 12.7. The summed E-state index contributed by atoms with van der Waals surface area (Å²) < 4.78 is 0. The monoisotopic (exact) mass is 317 g/mol. The molecule has 1 fully saturated rings. The fourth-order valence-corrected chi connectivity index (χ4v) is 3.24. The summed E-state index contributed by atoms with van der Waals surface area (Å²) in [4.78, 5) is 23.2. The molecule has 1 atom stereocenters. The molecule has 122 valence electrons. The Morgan fingerprint density at radius 1 is 1.33 bits per heavy atom. The van der Waals surface area contributed by atoms with E-state index in [4.69, 9.17) is 5.73 Å². The Balaban J connectivity index is 2.52. The predicted octanol–water partition coefficient (Wildman–Crippen LogP) is 0.835. The molecular formula is C14H27N3O3S. The Hall–Kier alpha value is -0.950. The maximum Gasteiger partial charge on any atom is 0.312 e. The maximum atomic E-state index is 12.2. The zero-order chi connectivity index (χ0) is 15.7. The summed E-state index contributed by atoms with van der Waals surface area (Å²) in [5.41, 5.74) is 4.91. The Labute approximate surface area is 130 Å². The third-order valence-corrected chi connectivity index (χ3v) is 4.77. The number of rotatable bonds is 8. The summed E-state index contributed by atoms with van der Waals surface area (Å²) in [5, 5.41) is 15.0. The van der Waals surface area contributed by atoms with Crippen LogP contribution in [0.2, 0.25) is 0 Å². The van der Waals surface area contributed by atoms with Crippen molar-refractivity contribution < 1.29 is 14.7 Å². The second-order valence-corrected chi connectivity index (χ2v) is 6.76. The normalized spacial score (nSPS) is 18.8.